The Hall–Kier alpha value is -2.89. The molecule has 0 aliphatic heterocycles. The lowest BCUT2D eigenvalue weighted by Gasteiger charge is -2.06. The van der Waals surface area contributed by atoms with Crippen LogP contribution in [0.25, 0.3) is 0 Å². The van der Waals surface area contributed by atoms with Crippen LogP contribution in [-0.2, 0) is 16.6 Å². The summed E-state index contributed by atoms with van der Waals surface area (Å²) in [6.45, 7) is -0.153. The summed E-state index contributed by atoms with van der Waals surface area (Å²) in [7, 11) is -4.21. The van der Waals surface area contributed by atoms with Crippen molar-refractivity contribution in [1.29, 1.82) is 0 Å². The SMILES string of the molecule is Cc1nn(C(F)F)c(C)c1S(=O)(=O)Nc1ncn(Cc2ccc(F)cc2)n1. The molecule has 0 aliphatic carbocycles. The molecule has 0 atom stereocenters. The van der Waals surface area contributed by atoms with Gasteiger partial charge in [0.25, 0.3) is 16.0 Å². The molecule has 144 valence electrons. The third-order valence-corrected chi connectivity index (χ3v) is 5.31. The topological polar surface area (TPSA) is 94.7 Å². The third-order valence-electron chi connectivity index (χ3n) is 3.73. The lowest BCUT2D eigenvalue weighted by molar-refractivity contribution is 0.0538. The fourth-order valence-electron chi connectivity index (χ4n) is 2.59. The Bertz CT molecular complexity index is 1060. The number of rotatable bonds is 6. The summed E-state index contributed by atoms with van der Waals surface area (Å²) in [5.41, 5.74) is 0.479. The van der Waals surface area contributed by atoms with Gasteiger partial charge < -0.3 is 0 Å². The van der Waals surface area contributed by atoms with Crippen molar-refractivity contribution < 1.29 is 21.6 Å². The van der Waals surface area contributed by atoms with E-state index in [1.165, 1.54) is 37.0 Å². The molecule has 0 spiro atoms. The minimum atomic E-state index is -4.21. The number of hydrogen-bond acceptors (Lipinski definition) is 5. The average Bonchev–Trinajstić information content (AvgIpc) is 3.13. The van der Waals surface area contributed by atoms with Gasteiger partial charge in [0.15, 0.2) is 0 Å². The van der Waals surface area contributed by atoms with E-state index < -0.39 is 16.6 Å². The highest BCUT2D eigenvalue weighted by Crippen LogP contribution is 2.24. The van der Waals surface area contributed by atoms with Crippen LogP contribution in [0.3, 0.4) is 0 Å². The molecule has 0 saturated heterocycles. The minimum Gasteiger partial charge on any atom is -0.246 e. The summed E-state index contributed by atoms with van der Waals surface area (Å²) in [5.74, 6) is -0.596. The van der Waals surface area contributed by atoms with Crippen molar-refractivity contribution in [2.75, 3.05) is 4.72 Å². The van der Waals surface area contributed by atoms with Gasteiger partial charge in [0, 0.05) is 0 Å². The Morgan fingerprint density at radius 2 is 1.81 bits per heavy atom. The molecule has 0 saturated carbocycles. The molecule has 0 bridgehead atoms. The van der Waals surface area contributed by atoms with E-state index in [2.05, 4.69) is 19.9 Å². The van der Waals surface area contributed by atoms with Crippen LogP contribution in [-0.4, -0.2) is 33.0 Å². The van der Waals surface area contributed by atoms with Gasteiger partial charge >= 0.3 is 6.55 Å². The summed E-state index contributed by atoms with van der Waals surface area (Å²) in [6.07, 6.45) is 1.30. The molecule has 2 aromatic heterocycles. The van der Waals surface area contributed by atoms with Crippen LogP contribution in [0.2, 0.25) is 0 Å². The van der Waals surface area contributed by atoms with E-state index in [1.807, 2.05) is 0 Å². The van der Waals surface area contributed by atoms with Crippen LogP contribution in [0.1, 0.15) is 23.5 Å². The van der Waals surface area contributed by atoms with Crippen LogP contribution in [0.15, 0.2) is 35.5 Å². The number of anilines is 1. The van der Waals surface area contributed by atoms with Crippen LogP contribution >= 0.6 is 0 Å². The second-order valence-corrected chi connectivity index (χ2v) is 7.34. The van der Waals surface area contributed by atoms with Crippen molar-refractivity contribution >= 4 is 16.0 Å². The number of alkyl halides is 2. The predicted octanol–water partition coefficient (Wildman–Crippen LogP) is 2.47. The number of benzene rings is 1. The van der Waals surface area contributed by atoms with E-state index in [9.17, 15) is 21.6 Å². The van der Waals surface area contributed by atoms with Gasteiger partial charge in [-0.2, -0.15) is 18.9 Å². The Kier molecular flexibility index (Phi) is 4.91. The number of halogens is 3. The third kappa shape index (κ3) is 3.94. The molecular formula is C15H15F3N6O2S. The zero-order valence-corrected chi connectivity index (χ0v) is 15.1. The first-order valence-corrected chi connectivity index (χ1v) is 9.16. The first-order valence-electron chi connectivity index (χ1n) is 7.68. The van der Waals surface area contributed by atoms with Crippen LogP contribution < -0.4 is 4.72 Å². The van der Waals surface area contributed by atoms with Gasteiger partial charge in [0.2, 0.25) is 0 Å². The van der Waals surface area contributed by atoms with Crippen LogP contribution in [0.5, 0.6) is 0 Å². The fourth-order valence-corrected chi connectivity index (χ4v) is 3.94. The van der Waals surface area contributed by atoms with E-state index in [0.717, 1.165) is 5.56 Å². The van der Waals surface area contributed by atoms with Crippen molar-refractivity contribution in [2.24, 2.45) is 0 Å². The number of sulfonamides is 1. The predicted molar refractivity (Wildman–Crippen MR) is 89.3 cm³/mol. The summed E-state index contributed by atoms with van der Waals surface area (Å²) in [4.78, 5) is 3.50. The van der Waals surface area contributed by atoms with Crippen LogP contribution in [0.4, 0.5) is 19.1 Å². The number of nitrogens with zero attached hydrogens (tertiary/aromatic N) is 5. The Labute approximate surface area is 152 Å². The normalized spacial score (nSPS) is 11.9. The van der Waals surface area contributed by atoms with Gasteiger partial charge in [-0.15, -0.1) is 5.10 Å². The maximum Gasteiger partial charge on any atom is 0.333 e. The lowest BCUT2D eigenvalue weighted by atomic mass is 10.2. The molecule has 8 nitrogen and oxygen atoms in total. The number of aromatic nitrogens is 5. The molecule has 1 N–H and O–H groups in total. The van der Waals surface area contributed by atoms with Crippen molar-refractivity contribution in [1.82, 2.24) is 24.5 Å². The van der Waals surface area contributed by atoms with Crippen LogP contribution in [0, 0.1) is 19.7 Å². The Morgan fingerprint density at radius 3 is 2.41 bits per heavy atom. The zero-order valence-electron chi connectivity index (χ0n) is 14.3. The van der Waals surface area contributed by atoms with Gasteiger partial charge in [-0.3, -0.25) is 0 Å². The Balaban J connectivity index is 1.81. The lowest BCUT2D eigenvalue weighted by Crippen LogP contribution is -2.16. The molecule has 0 fully saturated rings. The molecular weight excluding hydrogens is 385 g/mol. The summed E-state index contributed by atoms with van der Waals surface area (Å²) in [6, 6.07) is 5.71. The second kappa shape index (κ2) is 7.02. The summed E-state index contributed by atoms with van der Waals surface area (Å²) >= 11 is 0. The minimum absolute atomic E-state index is 0.0638. The van der Waals surface area contributed by atoms with E-state index in [4.69, 9.17) is 0 Å². The number of hydrogen-bond donors (Lipinski definition) is 1. The second-order valence-electron chi connectivity index (χ2n) is 5.72. The first kappa shape index (κ1) is 18.9. The monoisotopic (exact) mass is 400 g/mol. The highest BCUT2D eigenvalue weighted by molar-refractivity contribution is 7.92. The molecule has 1 aromatic carbocycles. The molecule has 12 heteroatoms. The van der Waals surface area contributed by atoms with Gasteiger partial charge in [-0.25, -0.2) is 26.9 Å². The number of nitrogens with one attached hydrogen (secondary N) is 1. The average molecular weight is 400 g/mol. The summed E-state index contributed by atoms with van der Waals surface area (Å²) < 4.78 is 67.7. The molecule has 2 heterocycles. The van der Waals surface area contributed by atoms with E-state index >= 15 is 0 Å². The molecule has 0 radical (unpaired) electrons. The molecule has 0 unspecified atom stereocenters. The van der Waals surface area contributed by atoms with Gasteiger partial charge in [-0.1, -0.05) is 12.1 Å². The van der Waals surface area contributed by atoms with Crippen molar-refractivity contribution in [2.45, 2.75) is 31.8 Å². The standard InChI is InChI=1S/C15H15F3N6O2S/c1-9-13(10(2)24(20-9)14(17)18)27(25,26)22-15-19-8-23(21-15)7-11-3-5-12(16)6-4-11/h3-6,8,14H,7H2,1-2H3,(H,21,22). The van der Waals surface area contributed by atoms with Crippen molar-refractivity contribution in [3.8, 4) is 0 Å². The fraction of sp³-hybridized carbons (Fsp3) is 0.267. The molecule has 3 aromatic rings. The highest BCUT2D eigenvalue weighted by Gasteiger charge is 2.28. The molecule has 3 rings (SSSR count). The highest BCUT2D eigenvalue weighted by atomic mass is 32.2. The van der Waals surface area contributed by atoms with Gasteiger partial charge in [-0.05, 0) is 31.5 Å². The van der Waals surface area contributed by atoms with E-state index in [0.29, 0.717) is 4.68 Å². The first-order chi connectivity index (χ1) is 12.7. The molecule has 0 aliphatic rings. The van der Waals surface area contributed by atoms with Crippen molar-refractivity contribution in [3.63, 3.8) is 0 Å². The maximum atomic E-state index is 12.9. The van der Waals surface area contributed by atoms with Crippen molar-refractivity contribution in [3.05, 3.63) is 53.4 Å². The van der Waals surface area contributed by atoms with E-state index in [-0.39, 0.29) is 34.6 Å². The molecule has 27 heavy (non-hydrogen) atoms. The summed E-state index contributed by atoms with van der Waals surface area (Å²) in [5, 5.41) is 7.54. The Morgan fingerprint density at radius 1 is 1.15 bits per heavy atom. The van der Waals surface area contributed by atoms with Gasteiger partial charge in [0.1, 0.15) is 17.0 Å². The quantitative estimate of drug-likeness (QED) is 0.686. The van der Waals surface area contributed by atoms with E-state index in [1.54, 1.807) is 12.1 Å². The molecule has 0 amide bonds. The largest absolute Gasteiger partial charge is 0.333 e. The smallest absolute Gasteiger partial charge is 0.246 e. The zero-order chi connectivity index (χ0) is 19.8. The maximum absolute atomic E-state index is 12.9. The van der Waals surface area contributed by atoms with Gasteiger partial charge in [0.05, 0.1) is 17.9 Å². The number of aryl methyl sites for hydroxylation is 1.